The van der Waals surface area contributed by atoms with Crippen LogP contribution < -0.4 is 0 Å². The first-order valence-corrected chi connectivity index (χ1v) is 5.61. The summed E-state index contributed by atoms with van der Waals surface area (Å²) in [5.74, 6) is -1.32. The summed E-state index contributed by atoms with van der Waals surface area (Å²) >= 11 is 5.77. The largest absolute Gasteiger partial charge is 0.298 e. The summed E-state index contributed by atoms with van der Waals surface area (Å²) in [7, 11) is 0. The standard InChI is InChI=1S/C14H9ClF2O/c1-8-4-12(14(17)6-13(8)16)11-3-2-10(15)5-9(11)7-18/h2-7H,1H3. The summed E-state index contributed by atoms with van der Waals surface area (Å²) in [4.78, 5) is 11.0. The van der Waals surface area contributed by atoms with Crippen molar-refractivity contribution in [3.05, 3.63) is 58.1 Å². The Morgan fingerprint density at radius 1 is 1.06 bits per heavy atom. The predicted octanol–water partition coefficient (Wildman–Crippen LogP) is 4.41. The van der Waals surface area contributed by atoms with Gasteiger partial charge in [0, 0.05) is 22.2 Å². The number of carbonyl (C=O) groups is 1. The molecule has 0 aliphatic heterocycles. The second-order valence-corrected chi connectivity index (χ2v) is 4.37. The molecule has 0 amide bonds. The lowest BCUT2D eigenvalue weighted by atomic mass is 9.98. The first-order chi connectivity index (χ1) is 8.52. The van der Waals surface area contributed by atoms with Crippen LogP contribution >= 0.6 is 11.6 Å². The number of halogens is 3. The molecule has 2 rings (SSSR count). The Hall–Kier alpha value is -1.74. The van der Waals surface area contributed by atoms with Crippen LogP contribution in [-0.2, 0) is 0 Å². The molecule has 0 aromatic heterocycles. The number of aldehydes is 1. The van der Waals surface area contributed by atoms with Gasteiger partial charge in [0.25, 0.3) is 0 Å². The highest BCUT2D eigenvalue weighted by Gasteiger charge is 2.12. The van der Waals surface area contributed by atoms with Crippen LogP contribution in [-0.4, -0.2) is 6.29 Å². The van der Waals surface area contributed by atoms with E-state index >= 15 is 0 Å². The molecule has 0 saturated carbocycles. The van der Waals surface area contributed by atoms with Crippen molar-refractivity contribution in [1.29, 1.82) is 0 Å². The fraction of sp³-hybridized carbons (Fsp3) is 0.0714. The fourth-order valence-electron chi connectivity index (χ4n) is 1.74. The minimum atomic E-state index is -0.705. The molecule has 0 saturated heterocycles. The molecule has 0 spiro atoms. The van der Waals surface area contributed by atoms with Crippen molar-refractivity contribution in [3.8, 4) is 11.1 Å². The lowest BCUT2D eigenvalue weighted by Gasteiger charge is -2.08. The van der Waals surface area contributed by atoms with Crippen molar-refractivity contribution in [2.24, 2.45) is 0 Å². The molecule has 0 heterocycles. The highest BCUT2D eigenvalue weighted by atomic mass is 35.5. The Balaban J connectivity index is 2.69. The topological polar surface area (TPSA) is 17.1 Å². The minimum Gasteiger partial charge on any atom is -0.298 e. The molecule has 0 N–H and O–H groups in total. The van der Waals surface area contributed by atoms with Gasteiger partial charge in [0.1, 0.15) is 11.6 Å². The average Bonchev–Trinajstić information content (AvgIpc) is 2.34. The van der Waals surface area contributed by atoms with Crippen molar-refractivity contribution in [2.45, 2.75) is 6.92 Å². The molecule has 18 heavy (non-hydrogen) atoms. The summed E-state index contributed by atoms with van der Waals surface area (Å²) in [5.41, 5.74) is 1.17. The van der Waals surface area contributed by atoms with Crippen LogP contribution in [0.25, 0.3) is 11.1 Å². The molecule has 0 fully saturated rings. The SMILES string of the molecule is Cc1cc(-c2ccc(Cl)cc2C=O)c(F)cc1F. The molecule has 0 unspecified atom stereocenters. The van der Waals surface area contributed by atoms with Gasteiger partial charge in [-0.1, -0.05) is 17.7 Å². The Bertz CT molecular complexity index is 623. The van der Waals surface area contributed by atoms with Crippen LogP contribution in [0.2, 0.25) is 5.02 Å². The van der Waals surface area contributed by atoms with E-state index in [1.54, 1.807) is 12.1 Å². The molecule has 92 valence electrons. The van der Waals surface area contributed by atoms with E-state index in [1.165, 1.54) is 19.1 Å². The smallest absolute Gasteiger partial charge is 0.150 e. The molecule has 1 nitrogen and oxygen atoms in total. The van der Waals surface area contributed by atoms with E-state index in [1.807, 2.05) is 0 Å². The van der Waals surface area contributed by atoms with Gasteiger partial charge in [-0.3, -0.25) is 4.79 Å². The van der Waals surface area contributed by atoms with Gasteiger partial charge in [-0.25, -0.2) is 8.78 Å². The van der Waals surface area contributed by atoms with Crippen molar-refractivity contribution < 1.29 is 13.6 Å². The summed E-state index contributed by atoms with van der Waals surface area (Å²) in [6, 6.07) is 6.74. The Labute approximate surface area is 108 Å². The van der Waals surface area contributed by atoms with Gasteiger partial charge < -0.3 is 0 Å². The van der Waals surface area contributed by atoms with Crippen LogP contribution in [0.5, 0.6) is 0 Å². The number of benzene rings is 2. The Morgan fingerprint density at radius 3 is 2.44 bits per heavy atom. The van der Waals surface area contributed by atoms with Crippen molar-refractivity contribution in [1.82, 2.24) is 0 Å². The van der Waals surface area contributed by atoms with Crippen LogP contribution in [0.3, 0.4) is 0 Å². The van der Waals surface area contributed by atoms with E-state index in [4.69, 9.17) is 11.6 Å². The van der Waals surface area contributed by atoms with E-state index in [2.05, 4.69) is 0 Å². The first kappa shape index (κ1) is 12.7. The summed E-state index contributed by atoms with van der Waals surface area (Å²) in [5, 5.41) is 0.389. The van der Waals surface area contributed by atoms with Gasteiger partial charge in [0.05, 0.1) is 0 Å². The number of carbonyl (C=O) groups excluding carboxylic acids is 1. The third kappa shape index (κ3) is 2.27. The van der Waals surface area contributed by atoms with Crippen molar-refractivity contribution in [2.75, 3.05) is 0 Å². The maximum atomic E-state index is 13.7. The second-order valence-electron chi connectivity index (χ2n) is 3.93. The predicted molar refractivity (Wildman–Crippen MR) is 66.9 cm³/mol. The normalized spacial score (nSPS) is 10.4. The van der Waals surface area contributed by atoms with Crippen LogP contribution in [0.1, 0.15) is 15.9 Å². The van der Waals surface area contributed by atoms with E-state index in [0.29, 0.717) is 22.4 Å². The number of hydrogen-bond acceptors (Lipinski definition) is 1. The second kappa shape index (κ2) is 4.86. The molecule has 4 heteroatoms. The number of hydrogen-bond donors (Lipinski definition) is 0. The van der Waals surface area contributed by atoms with Gasteiger partial charge >= 0.3 is 0 Å². The third-order valence-electron chi connectivity index (χ3n) is 2.68. The summed E-state index contributed by atoms with van der Waals surface area (Å²) in [6.45, 7) is 1.54. The number of rotatable bonds is 2. The fourth-order valence-corrected chi connectivity index (χ4v) is 1.92. The lowest BCUT2D eigenvalue weighted by molar-refractivity contribution is 0.112. The number of aryl methyl sites for hydroxylation is 1. The molecule has 0 atom stereocenters. The van der Waals surface area contributed by atoms with E-state index < -0.39 is 11.6 Å². The van der Waals surface area contributed by atoms with E-state index in [9.17, 15) is 13.6 Å². The molecule has 2 aromatic carbocycles. The molecule has 0 aliphatic rings. The van der Waals surface area contributed by atoms with Crippen LogP contribution in [0.4, 0.5) is 8.78 Å². The van der Waals surface area contributed by atoms with Crippen molar-refractivity contribution >= 4 is 17.9 Å². The molecular formula is C14H9ClF2O. The molecule has 2 aromatic rings. The van der Waals surface area contributed by atoms with Gasteiger partial charge in [-0.05, 0) is 36.2 Å². The third-order valence-corrected chi connectivity index (χ3v) is 2.91. The summed E-state index contributed by atoms with van der Waals surface area (Å²) < 4.78 is 26.9. The zero-order valence-electron chi connectivity index (χ0n) is 9.51. The molecular weight excluding hydrogens is 258 g/mol. The van der Waals surface area contributed by atoms with Crippen molar-refractivity contribution in [3.63, 3.8) is 0 Å². The van der Waals surface area contributed by atoms with E-state index in [-0.39, 0.29) is 11.1 Å². The zero-order valence-corrected chi connectivity index (χ0v) is 10.3. The Kier molecular flexibility index (Phi) is 3.43. The zero-order chi connectivity index (χ0) is 13.3. The highest BCUT2D eigenvalue weighted by Crippen LogP contribution is 2.29. The maximum Gasteiger partial charge on any atom is 0.150 e. The lowest BCUT2D eigenvalue weighted by Crippen LogP contribution is -1.94. The molecule has 0 bridgehead atoms. The molecule has 0 radical (unpaired) electrons. The quantitative estimate of drug-likeness (QED) is 0.736. The average molecular weight is 267 g/mol. The summed E-state index contributed by atoms with van der Waals surface area (Å²) in [6.07, 6.45) is 0.597. The van der Waals surface area contributed by atoms with Gasteiger partial charge in [0.15, 0.2) is 6.29 Å². The monoisotopic (exact) mass is 266 g/mol. The Morgan fingerprint density at radius 2 is 1.78 bits per heavy atom. The van der Waals surface area contributed by atoms with Gasteiger partial charge in [0.2, 0.25) is 0 Å². The van der Waals surface area contributed by atoms with Crippen LogP contribution in [0.15, 0.2) is 30.3 Å². The van der Waals surface area contributed by atoms with Gasteiger partial charge in [-0.2, -0.15) is 0 Å². The maximum absolute atomic E-state index is 13.7. The van der Waals surface area contributed by atoms with Gasteiger partial charge in [-0.15, -0.1) is 0 Å². The minimum absolute atomic E-state index is 0.188. The van der Waals surface area contributed by atoms with E-state index in [0.717, 1.165) is 6.07 Å². The van der Waals surface area contributed by atoms with Crippen LogP contribution in [0, 0.1) is 18.6 Å². The first-order valence-electron chi connectivity index (χ1n) is 5.23. The molecule has 0 aliphatic carbocycles. The highest BCUT2D eigenvalue weighted by molar-refractivity contribution is 6.31.